The highest BCUT2D eigenvalue weighted by Gasteiger charge is 2.20. The minimum absolute atomic E-state index is 0.666. The topological polar surface area (TPSA) is 29.3 Å². The van der Waals surface area contributed by atoms with Crippen molar-refractivity contribution < 1.29 is 4.42 Å². The van der Waals surface area contributed by atoms with Crippen molar-refractivity contribution in [3.05, 3.63) is 41.8 Å². The van der Waals surface area contributed by atoms with E-state index >= 15 is 0 Å². The lowest BCUT2D eigenvalue weighted by Crippen LogP contribution is -2.09. The maximum absolute atomic E-state index is 5.96. The van der Waals surface area contributed by atoms with Gasteiger partial charge in [0.2, 0.25) is 5.89 Å². The fraction of sp³-hybridized carbons (Fsp3) is 0.500. The Morgan fingerprint density at radius 1 is 1.14 bits per heavy atom. The molecule has 0 unspecified atom stereocenters. The average molecular weight is 284 g/mol. The monoisotopic (exact) mass is 284 g/mol. The lowest BCUT2D eigenvalue weighted by atomic mass is 9.82. The van der Waals surface area contributed by atoms with Gasteiger partial charge in [-0.25, -0.2) is 4.98 Å². The number of hydrogen-bond donors (Lipinski definition) is 0. The summed E-state index contributed by atoms with van der Waals surface area (Å²) in [6.07, 6.45) is 8.51. The summed E-state index contributed by atoms with van der Waals surface area (Å²) in [5.74, 6) is 2.36. The molecule has 2 aromatic rings. The van der Waals surface area contributed by atoms with Crippen molar-refractivity contribution in [1.29, 1.82) is 0 Å². The van der Waals surface area contributed by atoms with E-state index in [1.165, 1.54) is 43.2 Å². The van der Waals surface area contributed by atoms with Crippen molar-refractivity contribution in [3.63, 3.8) is 0 Å². The van der Waals surface area contributed by atoms with Gasteiger partial charge in [0.15, 0.2) is 0 Å². The van der Waals surface area contributed by atoms with Gasteiger partial charge < -0.3 is 9.32 Å². The number of nitrogens with zero attached hydrogens (tertiary/aromatic N) is 2. The van der Waals surface area contributed by atoms with Crippen LogP contribution in [0.2, 0.25) is 0 Å². The van der Waals surface area contributed by atoms with Gasteiger partial charge in [0.1, 0.15) is 5.76 Å². The first-order valence-corrected chi connectivity index (χ1v) is 7.93. The van der Waals surface area contributed by atoms with Gasteiger partial charge in [-0.1, -0.05) is 37.5 Å². The van der Waals surface area contributed by atoms with E-state index in [0.29, 0.717) is 5.92 Å². The number of aromatic nitrogens is 1. The molecule has 1 aliphatic rings. The predicted molar refractivity (Wildman–Crippen MR) is 85.2 cm³/mol. The Labute approximate surface area is 127 Å². The van der Waals surface area contributed by atoms with E-state index in [1.54, 1.807) is 0 Å². The Hall–Kier alpha value is -1.61. The Morgan fingerprint density at radius 3 is 2.67 bits per heavy atom. The van der Waals surface area contributed by atoms with E-state index < -0.39 is 0 Å². The molecule has 1 fully saturated rings. The SMILES string of the molecule is CN(C)Cc1cnc(-c2ccccc2C2CCCCC2)o1. The van der Waals surface area contributed by atoms with Gasteiger partial charge in [0, 0.05) is 5.56 Å². The largest absolute Gasteiger partial charge is 0.440 e. The fourth-order valence-electron chi connectivity index (χ4n) is 3.28. The zero-order valence-corrected chi connectivity index (χ0v) is 13.0. The van der Waals surface area contributed by atoms with Crippen LogP contribution in [0, 0.1) is 0 Å². The highest BCUT2D eigenvalue weighted by molar-refractivity contribution is 5.59. The second-order valence-electron chi connectivity index (χ2n) is 6.29. The third kappa shape index (κ3) is 3.35. The predicted octanol–water partition coefficient (Wildman–Crippen LogP) is 4.45. The van der Waals surface area contributed by atoms with E-state index in [2.05, 4.69) is 34.1 Å². The summed E-state index contributed by atoms with van der Waals surface area (Å²) >= 11 is 0. The molecule has 0 atom stereocenters. The standard InChI is InChI=1S/C18H24N2O/c1-20(2)13-15-12-19-18(21-15)17-11-7-6-10-16(17)14-8-4-3-5-9-14/h6-7,10-12,14H,3-5,8-9,13H2,1-2H3. The normalized spacial score (nSPS) is 16.5. The molecule has 0 N–H and O–H groups in total. The first-order valence-electron chi connectivity index (χ1n) is 7.93. The number of hydrogen-bond acceptors (Lipinski definition) is 3. The molecule has 1 aromatic carbocycles. The molecule has 112 valence electrons. The zero-order valence-electron chi connectivity index (χ0n) is 13.0. The highest BCUT2D eigenvalue weighted by Crippen LogP contribution is 2.37. The lowest BCUT2D eigenvalue weighted by molar-refractivity contribution is 0.353. The Bertz CT molecular complexity index is 582. The molecule has 1 saturated carbocycles. The molecule has 0 radical (unpaired) electrons. The summed E-state index contributed by atoms with van der Waals surface area (Å²) in [5.41, 5.74) is 2.59. The molecule has 0 saturated heterocycles. The maximum atomic E-state index is 5.96. The molecule has 1 heterocycles. The van der Waals surface area contributed by atoms with E-state index in [4.69, 9.17) is 4.42 Å². The second-order valence-corrected chi connectivity index (χ2v) is 6.29. The molecule has 3 heteroatoms. The van der Waals surface area contributed by atoms with E-state index in [0.717, 1.165) is 18.2 Å². The van der Waals surface area contributed by atoms with Gasteiger partial charge in [-0.3, -0.25) is 0 Å². The van der Waals surface area contributed by atoms with E-state index in [9.17, 15) is 0 Å². The summed E-state index contributed by atoms with van der Waals surface area (Å²) in [5, 5.41) is 0. The third-order valence-corrected chi connectivity index (χ3v) is 4.26. The molecule has 0 spiro atoms. The molecular weight excluding hydrogens is 260 g/mol. The number of oxazole rings is 1. The van der Waals surface area contributed by atoms with Gasteiger partial charge in [0.05, 0.1) is 12.7 Å². The summed E-state index contributed by atoms with van der Waals surface area (Å²) in [4.78, 5) is 6.60. The van der Waals surface area contributed by atoms with Crippen molar-refractivity contribution in [2.24, 2.45) is 0 Å². The molecule has 3 nitrogen and oxygen atoms in total. The maximum Gasteiger partial charge on any atom is 0.226 e. The minimum Gasteiger partial charge on any atom is -0.440 e. The molecule has 3 rings (SSSR count). The Kier molecular flexibility index (Phi) is 4.39. The van der Waals surface area contributed by atoms with Crippen molar-refractivity contribution in [2.45, 2.75) is 44.6 Å². The smallest absolute Gasteiger partial charge is 0.226 e. The van der Waals surface area contributed by atoms with Crippen LogP contribution in [-0.4, -0.2) is 24.0 Å². The Morgan fingerprint density at radius 2 is 1.90 bits per heavy atom. The van der Waals surface area contributed by atoms with Crippen molar-refractivity contribution >= 4 is 0 Å². The zero-order chi connectivity index (χ0) is 14.7. The molecule has 0 amide bonds. The van der Waals surface area contributed by atoms with E-state index in [-0.39, 0.29) is 0 Å². The van der Waals surface area contributed by atoms with Gasteiger partial charge in [-0.15, -0.1) is 0 Å². The van der Waals surface area contributed by atoms with Gasteiger partial charge in [0.25, 0.3) is 0 Å². The van der Waals surface area contributed by atoms with Crippen molar-refractivity contribution in [1.82, 2.24) is 9.88 Å². The van der Waals surface area contributed by atoms with Crippen LogP contribution in [0.15, 0.2) is 34.9 Å². The van der Waals surface area contributed by atoms with Crippen LogP contribution in [0.5, 0.6) is 0 Å². The molecule has 1 aliphatic carbocycles. The molecular formula is C18H24N2O. The van der Waals surface area contributed by atoms with Crippen molar-refractivity contribution in [2.75, 3.05) is 14.1 Å². The van der Waals surface area contributed by atoms with Crippen molar-refractivity contribution in [3.8, 4) is 11.5 Å². The average Bonchev–Trinajstić information content (AvgIpc) is 2.96. The third-order valence-electron chi connectivity index (χ3n) is 4.26. The minimum atomic E-state index is 0.666. The molecule has 0 aliphatic heterocycles. The Balaban J connectivity index is 1.89. The quantitative estimate of drug-likeness (QED) is 0.830. The molecule has 21 heavy (non-hydrogen) atoms. The van der Waals surface area contributed by atoms with Crippen LogP contribution in [-0.2, 0) is 6.54 Å². The summed E-state index contributed by atoms with van der Waals surface area (Å²) in [6, 6.07) is 8.62. The van der Waals surface area contributed by atoms with Crippen LogP contribution >= 0.6 is 0 Å². The van der Waals surface area contributed by atoms with E-state index in [1.807, 2.05) is 20.3 Å². The highest BCUT2D eigenvalue weighted by atomic mass is 16.4. The van der Waals surface area contributed by atoms with Crippen LogP contribution in [0.1, 0.15) is 49.3 Å². The van der Waals surface area contributed by atoms with Gasteiger partial charge in [-0.05, 0) is 44.5 Å². The van der Waals surface area contributed by atoms with Gasteiger partial charge >= 0.3 is 0 Å². The van der Waals surface area contributed by atoms with Crippen LogP contribution in [0.25, 0.3) is 11.5 Å². The lowest BCUT2D eigenvalue weighted by Gasteiger charge is -2.23. The summed E-state index contributed by atoms with van der Waals surface area (Å²) < 4.78 is 5.96. The summed E-state index contributed by atoms with van der Waals surface area (Å²) in [6.45, 7) is 0.790. The first kappa shape index (κ1) is 14.3. The number of benzene rings is 1. The van der Waals surface area contributed by atoms with Crippen LogP contribution in [0.3, 0.4) is 0 Å². The van der Waals surface area contributed by atoms with Crippen LogP contribution < -0.4 is 0 Å². The fourth-order valence-corrected chi connectivity index (χ4v) is 3.28. The first-order chi connectivity index (χ1) is 10.2. The number of rotatable bonds is 4. The van der Waals surface area contributed by atoms with Crippen LogP contribution in [0.4, 0.5) is 0 Å². The summed E-state index contributed by atoms with van der Waals surface area (Å²) in [7, 11) is 4.08. The molecule has 0 bridgehead atoms. The molecule has 1 aromatic heterocycles. The second kappa shape index (κ2) is 6.44. The van der Waals surface area contributed by atoms with Gasteiger partial charge in [-0.2, -0.15) is 0 Å².